The Labute approximate surface area is 96.8 Å². The van der Waals surface area contributed by atoms with Crippen LogP contribution in [0.5, 0.6) is 0 Å². The highest BCUT2D eigenvalue weighted by Gasteiger charge is 2.23. The standard InChI is InChI=1S/C12H22N2O2/c15-11(5-9-3-1-2-4-9)8-13-10-6-12(16)14-7-10/h9-11,13,15H,1-8H2,(H,14,16). The molecule has 0 aromatic heterocycles. The molecule has 2 aliphatic rings. The minimum Gasteiger partial charge on any atom is -0.392 e. The van der Waals surface area contributed by atoms with Gasteiger partial charge in [-0.3, -0.25) is 4.79 Å². The van der Waals surface area contributed by atoms with E-state index in [0.29, 0.717) is 19.5 Å². The molecule has 92 valence electrons. The van der Waals surface area contributed by atoms with Crippen LogP contribution in [-0.4, -0.2) is 36.2 Å². The normalized spacial score (nSPS) is 28.3. The van der Waals surface area contributed by atoms with E-state index in [2.05, 4.69) is 10.6 Å². The van der Waals surface area contributed by atoms with Gasteiger partial charge in [0.1, 0.15) is 0 Å². The lowest BCUT2D eigenvalue weighted by Crippen LogP contribution is -2.37. The van der Waals surface area contributed by atoms with Crippen LogP contribution in [0, 0.1) is 5.92 Å². The Balaban J connectivity index is 1.59. The first-order valence-corrected chi connectivity index (χ1v) is 6.42. The van der Waals surface area contributed by atoms with Gasteiger partial charge in [-0.05, 0) is 12.3 Å². The molecule has 2 rings (SSSR count). The molecule has 16 heavy (non-hydrogen) atoms. The molecular formula is C12H22N2O2. The topological polar surface area (TPSA) is 61.4 Å². The van der Waals surface area contributed by atoms with Gasteiger partial charge in [0.15, 0.2) is 0 Å². The summed E-state index contributed by atoms with van der Waals surface area (Å²) in [6.07, 6.45) is 6.43. The molecular weight excluding hydrogens is 204 g/mol. The monoisotopic (exact) mass is 226 g/mol. The van der Waals surface area contributed by atoms with Crippen molar-refractivity contribution in [2.45, 2.75) is 50.7 Å². The van der Waals surface area contributed by atoms with Crippen molar-refractivity contribution >= 4 is 5.91 Å². The van der Waals surface area contributed by atoms with Crippen molar-refractivity contribution in [3.8, 4) is 0 Å². The number of nitrogens with one attached hydrogen (secondary N) is 2. The molecule has 4 heteroatoms. The summed E-state index contributed by atoms with van der Waals surface area (Å²) in [5.74, 6) is 0.836. The van der Waals surface area contributed by atoms with Crippen LogP contribution in [0.3, 0.4) is 0 Å². The van der Waals surface area contributed by atoms with Crippen LogP contribution in [-0.2, 0) is 4.79 Å². The zero-order valence-electron chi connectivity index (χ0n) is 9.74. The number of hydrogen-bond donors (Lipinski definition) is 3. The quantitative estimate of drug-likeness (QED) is 0.636. The second-order valence-electron chi connectivity index (χ2n) is 5.15. The summed E-state index contributed by atoms with van der Waals surface area (Å²) in [5, 5.41) is 15.9. The highest BCUT2D eigenvalue weighted by atomic mass is 16.3. The van der Waals surface area contributed by atoms with Gasteiger partial charge in [-0.25, -0.2) is 0 Å². The molecule has 2 atom stereocenters. The fraction of sp³-hybridized carbons (Fsp3) is 0.917. The van der Waals surface area contributed by atoms with Gasteiger partial charge >= 0.3 is 0 Å². The largest absolute Gasteiger partial charge is 0.392 e. The van der Waals surface area contributed by atoms with E-state index >= 15 is 0 Å². The minimum absolute atomic E-state index is 0.114. The van der Waals surface area contributed by atoms with Gasteiger partial charge in [0.05, 0.1) is 6.10 Å². The van der Waals surface area contributed by atoms with Crippen LogP contribution in [0.25, 0.3) is 0 Å². The number of rotatable bonds is 5. The fourth-order valence-electron chi connectivity index (χ4n) is 2.77. The number of hydrogen-bond acceptors (Lipinski definition) is 3. The maximum absolute atomic E-state index is 11.0. The smallest absolute Gasteiger partial charge is 0.221 e. The van der Waals surface area contributed by atoms with Crippen LogP contribution in [0.4, 0.5) is 0 Å². The van der Waals surface area contributed by atoms with Crippen LogP contribution in [0.2, 0.25) is 0 Å². The molecule has 1 saturated heterocycles. The van der Waals surface area contributed by atoms with E-state index in [1.165, 1.54) is 25.7 Å². The molecule has 1 saturated carbocycles. The number of aliphatic hydroxyl groups excluding tert-OH is 1. The zero-order chi connectivity index (χ0) is 11.4. The minimum atomic E-state index is -0.251. The predicted octanol–water partition coefficient (Wildman–Crippen LogP) is 0.406. The van der Waals surface area contributed by atoms with Gasteiger partial charge in [-0.15, -0.1) is 0 Å². The lowest BCUT2D eigenvalue weighted by atomic mass is 10.00. The van der Waals surface area contributed by atoms with Gasteiger partial charge in [-0.2, -0.15) is 0 Å². The summed E-state index contributed by atoms with van der Waals surface area (Å²) in [4.78, 5) is 11.0. The average Bonchev–Trinajstić information content (AvgIpc) is 2.87. The summed E-state index contributed by atoms with van der Waals surface area (Å²) in [6, 6.07) is 0.214. The first-order valence-electron chi connectivity index (χ1n) is 6.42. The van der Waals surface area contributed by atoms with Crippen molar-refractivity contribution in [1.29, 1.82) is 0 Å². The van der Waals surface area contributed by atoms with E-state index < -0.39 is 0 Å². The molecule has 0 spiro atoms. The molecule has 1 heterocycles. The van der Waals surface area contributed by atoms with E-state index in [-0.39, 0.29) is 18.1 Å². The molecule has 1 aliphatic carbocycles. The predicted molar refractivity (Wildman–Crippen MR) is 62.0 cm³/mol. The Morgan fingerprint density at radius 3 is 2.81 bits per heavy atom. The van der Waals surface area contributed by atoms with Crippen LogP contribution < -0.4 is 10.6 Å². The van der Waals surface area contributed by atoms with Crippen molar-refractivity contribution in [1.82, 2.24) is 10.6 Å². The molecule has 0 aromatic carbocycles. The van der Waals surface area contributed by atoms with E-state index in [0.717, 1.165) is 12.3 Å². The SMILES string of the molecule is O=C1CC(NCC(O)CC2CCCC2)CN1. The van der Waals surface area contributed by atoms with Gasteiger partial charge in [0.2, 0.25) is 5.91 Å². The van der Waals surface area contributed by atoms with Crippen molar-refractivity contribution in [2.75, 3.05) is 13.1 Å². The zero-order valence-corrected chi connectivity index (χ0v) is 9.74. The van der Waals surface area contributed by atoms with E-state index in [1.807, 2.05) is 0 Å². The highest BCUT2D eigenvalue weighted by molar-refractivity contribution is 5.78. The molecule has 0 bridgehead atoms. The Bertz CT molecular complexity index is 239. The van der Waals surface area contributed by atoms with Crippen LogP contribution in [0.1, 0.15) is 38.5 Å². The number of aliphatic hydroxyl groups is 1. The van der Waals surface area contributed by atoms with Gasteiger partial charge < -0.3 is 15.7 Å². The van der Waals surface area contributed by atoms with Gasteiger partial charge in [0.25, 0.3) is 0 Å². The maximum atomic E-state index is 11.0. The highest BCUT2D eigenvalue weighted by Crippen LogP contribution is 2.28. The third kappa shape index (κ3) is 3.46. The molecule has 4 nitrogen and oxygen atoms in total. The lowest BCUT2D eigenvalue weighted by Gasteiger charge is -2.18. The molecule has 1 amide bonds. The summed E-state index contributed by atoms with van der Waals surface area (Å²) in [7, 11) is 0. The molecule has 2 unspecified atom stereocenters. The molecule has 2 fully saturated rings. The van der Waals surface area contributed by atoms with E-state index in [4.69, 9.17) is 0 Å². The Morgan fingerprint density at radius 1 is 1.44 bits per heavy atom. The maximum Gasteiger partial charge on any atom is 0.221 e. The van der Waals surface area contributed by atoms with E-state index in [1.54, 1.807) is 0 Å². The summed E-state index contributed by atoms with van der Waals surface area (Å²) in [5.41, 5.74) is 0. The van der Waals surface area contributed by atoms with E-state index in [9.17, 15) is 9.90 Å². The fourth-order valence-corrected chi connectivity index (χ4v) is 2.77. The lowest BCUT2D eigenvalue weighted by molar-refractivity contribution is -0.119. The Hall–Kier alpha value is -0.610. The van der Waals surface area contributed by atoms with Gasteiger partial charge in [0, 0.05) is 25.6 Å². The Kier molecular flexibility index (Phi) is 4.18. The number of amides is 1. The molecule has 0 radical (unpaired) electrons. The molecule has 3 N–H and O–H groups in total. The van der Waals surface area contributed by atoms with Crippen molar-refractivity contribution < 1.29 is 9.90 Å². The molecule has 1 aliphatic heterocycles. The summed E-state index contributed by atoms with van der Waals surface area (Å²) in [6.45, 7) is 1.32. The van der Waals surface area contributed by atoms with Crippen molar-refractivity contribution in [3.05, 3.63) is 0 Å². The van der Waals surface area contributed by atoms with Gasteiger partial charge in [-0.1, -0.05) is 25.7 Å². The van der Waals surface area contributed by atoms with Crippen LogP contribution in [0.15, 0.2) is 0 Å². The van der Waals surface area contributed by atoms with Crippen molar-refractivity contribution in [3.63, 3.8) is 0 Å². The first kappa shape index (κ1) is 11.9. The Morgan fingerprint density at radius 2 is 2.19 bits per heavy atom. The number of carbonyl (C=O) groups is 1. The third-order valence-electron chi connectivity index (χ3n) is 3.70. The number of carbonyl (C=O) groups excluding carboxylic acids is 1. The third-order valence-corrected chi connectivity index (χ3v) is 3.70. The molecule has 0 aromatic rings. The summed E-state index contributed by atoms with van der Waals surface area (Å²) >= 11 is 0. The summed E-state index contributed by atoms with van der Waals surface area (Å²) < 4.78 is 0. The second-order valence-corrected chi connectivity index (χ2v) is 5.15. The average molecular weight is 226 g/mol. The first-order chi connectivity index (χ1) is 7.74. The van der Waals surface area contributed by atoms with Crippen molar-refractivity contribution in [2.24, 2.45) is 5.92 Å². The van der Waals surface area contributed by atoms with Crippen LogP contribution >= 0.6 is 0 Å². The second kappa shape index (κ2) is 5.64.